The molecule has 0 saturated carbocycles. The minimum atomic E-state index is -1.15. The third-order valence-corrected chi connectivity index (χ3v) is 11.8. The van der Waals surface area contributed by atoms with Crippen molar-refractivity contribution < 1.29 is 29.0 Å². The zero-order chi connectivity index (χ0) is 33.0. The van der Waals surface area contributed by atoms with E-state index in [-0.39, 0.29) is 30.8 Å². The van der Waals surface area contributed by atoms with Gasteiger partial charge >= 0.3 is 18.2 Å². The number of rotatable bonds is 12. The number of carboxylic acids is 1. The van der Waals surface area contributed by atoms with Gasteiger partial charge in [-0.2, -0.15) is 0 Å². The average molecular weight is 669 g/mol. The van der Waals surface area contributed by atoms with E-state index in [2.05, 4.69) is 47.0 Å². The first kappa shape index (κ1) is 32.5. The Bertz CT molecular complexity index is 1700. The summed E-state index contributed by atoms with van der Waals surface area (Å²) in [6.45, 7) is 4.53. The number of aliphatic carboxylic acids is 1. The van der Waals surface area contributed by atoms with Crippen LogP contribution in [0, 0.1) is 0 Å². The van der Waals surface area contributed by atoms with Crippen LogP contribution < -0.4 is 10.6 Å². The molecular weight excluding hydrogens is 633 g/mol. The lowest BCUT2D eigenvalue weighted by molar-refractivity contribution is -0.138. The molecule has 1 atom stereocenters. The van der Waals surface area contributed by atoms with E-state index in [1.54, 1.807) is 0 Å². The number of fused-ring (bicyclic) bond motifs is 6. The fraction of sp³-hybridized carbons (Fsp3) is 0.270. The Hall–Kier alpha value is -4.41. The number of hydrogen-bond acceptors (Lipinski definition) is 7. The van der Waals surface area contributed by atoms with Crippen LogP contribution in [0.2, 0.25) is 0 Å². The maximum atomic E-state index is 12.7. The van der Waals surface area contributed by atoms with Crippen molar-refractivity contribution in [3.8, 4) is 22.3 Å². The summed E-state index contributed by atoms with van der Waals surface area (Å²) < 4.78 is 10.7. The first-order chi connectivity index (χ1) is 22.7. The minimum Gasteiger partial charge on any atom is -0.480 e. The molecule has 0 heterocycles. The van der Waals surface area contributed by atoms with E-state index < -0.39 is 28.9 Å². The Morgan fingerprint density at radius 3 is 1.53 bits per heavy atom. The molecule has 0 radical (unpaired) electrons. The van der Waals surface area contributed by atoms with Crippen molar-refractivity contribution >= 4 is 39.7 Å². The molecule has 0 fully saturated rings. The topological polar surface area (TPSA) is 114 Å². The number of amides is 2. The number of carbonyl (C=O) groups is 3. The van der Waals surface area contributed by atoms with Gasteiger partial charge in [0, 0.05) is 28.9 Å². The lowest BCUT2D eigenvalue weighted by Crippen LogP contribution is -2.43. The zero-order valence-electron chi connectivity index (χ0n) is 26.1. The van der Waals surface area contributed by atoms with Crippen LogP contribution in [-0.2, 0) is 14.3 Å². The van der Waals surface area contributed by atoms with Crippen molar-refractivity contribution in [2.45, 2.75) is 36.5 Å². The molecular formula is C37H36N2O6S2. The molecule has 8 nitrogen and oxygen atoms in total. The standard InChI is InChI=1S/C37H36N2O6S2/c1-37(2,22-38-35(42)44-19-31-27-15-7-3-11-23(27)24-12-4-8-16-28(24)31)47-46-21-33(34(40)41)39-36(43)45-20-32-29-17-9-5-13-25(29)26-14-6-10-18-30(26)32/h3-18,31-33H,19-22H2,1-2H3,(H,38,42)(H,39,43)(H,40,41)/t33-/m0/s1. The summed E-state index contributed by atoms with van der Waals surface area (Å²) >= 11 is 0. The van der Waals surface area contributed by atoms with Crippen LogP contribution in [0.1, 0.15) is 47.9 Å². The summed E-state index contributed by atoms with van der Waals surface area (Å²) in [5, 5.41) is 15.1. The Labute approximate surface area is 282 Å². The molecule has 3 N–H and O–H groups in total. The van der Waals surface area contributed by atoms with Crippen LogP contribution in [0.5, 0.6) is 0 Å². The average Bonchev–Trinajstić information content (AvgIpc) is 3.57. The normalized spacial score (nSPS) is 13.9. The SMILES string of the molecule is CC(C)(CNC(=O)OCC1c2ccccc2-c2ccccc21)SSC[C@H](NC(=O)OCC1c2ccccc2-c2ccccc21)C(=O)O. The zero-order valence-corrected chi connectivity index (χ0v) is 27.7. The summed E-state index contributed by atoms with van der Waals surface area (Å²) in [6.07, 6.45) is -1.29. The van der Waals surface area contributed by atoms with E-state index in [0.29, 0.717) is 6.54 Å². The quantitative estimate of drug-likeness (QED) is 0.132. The molecule has 6 rings (SSSR count). The van der Waals surface area contributed by atoms with Crippen LogP contribution in [0.25, 0.3) is 22.3 Å². The highest BCUT2D eigenvalue weighted by atomic mass is 33.1. The largest absolute Gasteiger partial charge is 0.480 e. The Kier molecular flexibility index (Phi) is 9.79. The van der Waals surface area contributed by atoms with Gasteiger partial charge in [-0.15, -0.1) is 0 Å². The Morgan fingerprint density at radius 1 is 0.702 bits per heavy atom. The summed E-state index contributed by atoms with van der Waals surface area (Å²) in [4.78, 5) is 37.3. The molecule has 4 aromatic rings. The van der Waals surface area contributed by atoms with Gasteiger partial charge in [0.15, 0.2) is 0 Å². The number of benzene rings is 4. The Morgan fingerprint density at radius 2 is 1.11 bits per heavy atom. The van der Waals surface area contributed by atoms with Crippen molar-refractivity contribution in [1.29, 1.82) is 0 Å². The fourth-order valence-corrected chi connectivity index (χ4v) is 8.81. The van der Waals surface area contributed by atoms with Gasteiger partial charge in [0.2, 0.25) is 0 Å². The van der Waals surface area contributed by atoms with Crippen molar-refractivity contribution in [3.63, 3.8) is 0 Å². The highest BCUT2D eigenvalue weighted by Gasteiger charge is 2.31. The van der Waals surface area contributed by atoms with Crippen LogP contribution in [0.3, 0.4) is 0 Å². The molecule has 0 saturated heterocycles. The summed E-state index contributed by atoms with van der Waals surface area (Å²) in [6, 6.07) is 31.3. The summed E-state index contributed by atoms with van der Waals surface area (Å²) in [5.41, 5.74) is 9.02. The van der Waals surface area contributed by atoms with Crippen LogP contribution in [0.4, 0.5) is 9.59 Å². The van der Waals surface area contributed by atoms with Gasteiger partial charge in [-0.3, -0.25) is 0 Å². The van der Waals surface area contributed by atoms with Gasteiger partial charge < -0.3 is 25.2 Å². The second-order valence-electron chi connectivity index (χ2n) is 12.2. The fourth-order valence-electron chi connectivity index (χ4n) is 6.18. The van der Waals surface area contributed by atoms with Crippen molar-refractivity contribution in [2.24, 2.45) is 0 Å². The molecule has 10 heteroatoms. The van der Waals surface area contributed by atoms with E-state index >= 15 is 0 Å². The molecule has 2 aliphatic carbocycles. The predicted molar refractivity (Wildman–Crippen MR) is 187 cm³/mol. The molecule has 47 heavy (non-hydrogen) atoms. The molecule has 242 valence electrons. The van der Waals surface area contributed by atoms with E-state index in [1.807, 2.05) is 74.5 Å². The number of carbonyl (C=O) groups excluding carboxylic acids is 2. The van der Waals surface area contributed by atoms with Crippen molar-refractivity contribution in [2.75, 3.05) is 25.5 Å². The van der Waals surface area contributed by atoms with Gasteiger partial charge in [-0.25, -0.2) is 14.4 Å². The lowest BCUT2D eigenvalue weighted by Gasteiger charge is -2.24. The highest BCUT2D eigenvalue weighted by Crippen LogP contribution is 2.45. The third-order valence-electron chi connectivity index (χ3n) is 8.46. The van der Waals surface area contributed by atoms with Crippen LogP contribution >= 0.6 is 21.6 Å². The van der Waals surface area contributed by atoms with Gasteiger partial charge in [0.25, 0.3) is 0 Å². The second kappa shape index (κ2) is 14.1. The Balaban J connectivity index is 0.943. The number of alkyl carbamates (subject to hydrolysis) is 2. The monoisotopic (exact) mass is 668 g/mol. The van der Waals surface area contributed by atoms with Gasteiger partial charge in [0.05, 0.1) is 0 Å². The minimum absolute atomic E-state index is 0.0250. The van der Waals surface area contributed by atoms with E-state index in [1.165, 1.54) is 32.7 Å². The van der Waals surface area contributed by atoms with Gasteiger partial charge in [-0.05, 0) is 58.4 Å². The molecule has 0 bridgehead atoms. The molecule has 0 spiro atoms. The number of nitrogens with one attached hydrogen (secondary N) is 2. The summed E-state index contributed by atoms with van der Waals surface area (Å²) in [7, 11) is 2.73. The maximum absolute atomic E-state index is 12.7. The predicted octanol–water partition coefficient (Wildman–Crippen LogP) is 7.68. The first-order valence-electron chi connectivity index (χ1n) is 15.5. The second-order valence-corrected chi connectivity index (χ2v) is 15.2. The maximum Gasteiger partial charge on any atom is 0.407 e. The number of hydrogen-bond donors (Lipinski definition) is 3. The van der Waals surface area contributed by atoms with Crippen LogP contribution in [-0.4, -0.2) is 59.6 Å². The smallest absolute Gasteiger partial charge is 0.407 e. The lowest BCUT2D eigenvalue weighted by atomic mass is 9.98. The molecule has 0 aliphatic heterocycles. The number of ether oxygens (including phenoxy) is 2. The summed E-state index contributed by atoms with van der Waals surface area (Å²) in [5.74, 6) is -1.19. The van der Waals surface area contributed by atoms with Crippen LogP contribution in [0.15, 0.2) is 97.1 Å². The van der Waals surface area contributed by atoms with Crippen molar-refractivity contribution in [3.05, 3.63) is 119 Å². The van der Waals surface area contributed by atoms with Gasteiger partial charge in [-0.1, -0.05) is 119 Å². The number of carboxylic acid groups (broad SMARTS) is 1. The molecule has 0 aromatic heterocycles. The highest BCUT2D eigenvalue weighted by molar-refractivity contribution is 8.77. The molecule has 4 aromatic carbocycles. The molecule has 2 amide bonds. The molecule has 2 aliphatic rings. The van der Waals surface area contributed by atoms with E-state index in [4.69, 9.17) is 9.47 Å². The first-order valence-corrected chi connectivity index (χ1v) is 17.8. The van der Waals surface area contributed by atoms with Gasteiger partial charge in [0.1, 0.15) is 19.3 Å². The van der Waals surface area contributed by atoms with E-state index in [9.17, 15) is 19.5 Å². The van der Waals surface area contributed by atoms with Crippen molar-refractivity contribution in [1.82, 2.24) is 10.6 Å². The third kappa shape index (κ3) is 7.29. The van der Waals surface area contributed by atoms with E-state index in [0.717, 1.165) is 33.4 Å². The molecule has 0 unspecified atom stereocenters.